The second-order valence-corrected chi connectivity index (χ2v) is 8.32. The summed E-state index contributed by atoms with van der Waals surface area (Å²) in [6.07, 6.45) is 0. The van der Waals surface area contributed by atoms with Crippen LogP contribution in [0.3, 0.4) is 0 Å². The van der Waals surface area contributed by atoms with Crippen LogP contribution >= 0.6 is 23.2 Å². The first-order chi connectivity index (χ1) is 16.8. The van der Waals surface area contributed by atoms with Crippen molar-refractivity contribution >= 4 is 41.0 Å². The molecule has 0 atom stereocenters. The van der Waals surface area contributed by atoms with Gasteiger partial charge in [0.25, 0.3) is 11.8 Å². The number of anilines is 1. The molecule has 10 heteroatoms. The molecule has 7 nitrogen and oxygen atoms in total. The number of hydrogen-bond donors (Lipinski definition) is 2. The molecule has 0 unspecified atom stereocenters. The van der Waals surface area contributed by atoms with Crippen molar-refractivity contribution in [3.63, 3.8) is 0 Å². The fourth-order valence-corrected chi connectivity index (χ4v) is 3.38. The first-order valence-electron chi connectivity index (χ1n) is 10.3. The fourth-order valence-electron chi connectivity index (χ4n) is 3.12. The van der Waals surface area contributed by atoms with Crippen LogP contribution in [0.2, 0.25) is 10.0 Å². The number of halogens is 3. The van der Waals surface area contributed by atoms with Gasteiger partial charge in [-0.05, 0) is 66.2 Å². The zero-order chi connectivity index (χ0) is 24.9. The fraction of sp³-hybridized carbons (Fsp3) is 0.0400. The van der Waals surface area contributed by atoms with Crippen LogP contribution in [0.15, 0.2) is 85.1 Å². The second kappa shape index (κ2) is 10.5. The van der Waals surface area contributed by atoms with E-state index in [1.54, 1.807) is 41.1 Å². The lowest BCUT2D eigenvalue weighted by Gasteiger charge is -2.07. The third kappa shape index (κ3) is 6.11. The SMILES string of the molecule is C=C(NC(=O)c1ccc(F)cc1)C(=O)Nc1nc(-c2ccc(Cl)cc2)n(Cc2ccc(Cl)cc2)n1. The summed E-state index contributed by atoms with van der Waals surface area (Å²) in [7, 11) is 0. The van der Waals surface area contributed by atoms with Gasteiger partial charge >= 0.3 is 0 Å². The highest BCUT2D eigenvalue weighted by Crippen LogP contribution is 2.23. The van der Waals surface area contributed by atoms with E-state index in [4.69, 9.17) is 23.2 Å². The molecule has 0 saturated heterocycles. The topological polar surface area (TPSA) is 88.9 Å². The minimum absolute atomic E-state index is 0.0195. The van der Waals surface area contributed by atoms with Gasteiger partial charge in [0.15, 0.2) is 5.82 Å². The van der Waals surface area contributed by atoms with E-state index < -0.39 is 17.6 Å². The van der Waals surface area contributed by atoms with Crippen LogP contribution in [0.5, 0.6) is 0 Å². The largest absolute Gasteiger partial charge is 0.318 e. The molecular weight excluding hydrogens is 492 g/mol. The van der Waals surface area contributed by atoms with Gasteiger partial charge in [-0.15, -0.1) is 5.10 Å². The Morgan fingerprint density at radius 2 is 1.51 bits per heavy atom. The van der Waals surface area contributed by atoms with Gasteiger partial charge in [0.1, 0.15) is 5.82 Å². The molecule has 0 aliphatic rings. The van der Waals surface area contributed by atoms with Crippen LogP contribution in [0.1, 0.15) is 15.9 Å². The molecule has 0 saturated carbocycles. The molecule has 1 heterocycles. The first-order valence-corrected chi connectivity index (χ1v) is 11.1. The van der Waals surface area contributed by atoms with Crippen molar-refractivity contribution in [1.82, 2.24) is 20.1 Å². The van der Waals surface area contributed by atoms with Gasteiger partial charge in [-0.2, -0.15) is 4.98 Å². The highest BCUT2D eigenvalue weighted by atomic mass is 35.5. The molecule has 0 aliphatic heterocycles. The maximum atomic E-state index is 13.1. The molecule has 176 valence electrons. The summed E-state index contributed by atoms with van der Waals surface area (Å²) < 4.78 is 14.7. The van der Waals surface area contributed by atoms with Crippen molar-refractivity contribution < 1.29 is 14.0 Å². The molecule has 0 radical (unpaired) electrons. The van der Waals surface area contributed by atoms with Crippen molar-refractivity contribution in [3.8, 4) is 11.4 Å². The monoisotopic (exact) mass is 509 g/mol. The van der Waals surface area contributed by atoms with Crippen LogP contribution in [-0.2, 0) is 11.3 Å². The molecule has 1 aromatic heterocycles. The summed E-state index contributed by atoms with van der Waals surface area (Å²) in [5, 5.41) is 10.5. The van der Waals surface area contributed by atoms with Crippen LogP contribution in [0.25, 0.3) is 11.4 Å². The van der Waals surface area contributed by atoms with Crippen LogP contribution in [-0.4, -0.2) is 26.6 Å². The summed E-state index contributed by atoms with van der Waals surface area (Å²) in [6, 6.07) is 19.2. The third-order valence-electron chi connectivity index (χ3n) is 4.89. The number of benzene rings is 3. The predicted octanol–water partition coefficient (Wildman–Crippen LogP) is 5.32. The first kappa shape index (κ1) is 24.1. The number of rotatable bonds is 7. The lowest BCUT2D eigenvalue weighted by molar-refractivity contribution is -0.113. The summed E-state index contributed by atoms with van der Waals surface area (Å²) in [4.78, 5) is 29.4. The lowest BCUT2D eigenvalue weighted by atomic mass is 10.2. The molecule has 3 aromatic carbocycles. The van der Waals surface area contributed by atoms with Crippen molar-refractivity contribution in [2.24, 2.45) is 0 Å². The summed E-state index contributed by atoms with van der Waals surface area (Å²) >= 11 is 12.0. The Balaban J connectivity index is 1.53. The average Bonchev–Trinajstić information content (AvgIpc) is 3.23. The van der Waals surface area contributed by atoms with Crippen LogP contribution < -0.4 is 10.6 Å². The minimum atomic E-state index is -0.702. The molecule has 0 fully saturated rings. The zero-order valence-corrected chi connectivity index (χ0v) is 19.6. The van der Waals surface area contributed by atoms with Crippen molar-refractivity contribution in [1.29, 1.82) is 0 Å². The van der Waals surface area contributed by atoms with Crippen molar-refractivity contribution in [2.45, 2.75) is 6.54 Å². The van der Waals surface area contributed by atoms with E-state index in [1.165, 1.54) is 12.1 Å². The van der Waals surface area contributed by atoms with E-state index >= 15 is 0 Å². The van der Waals surface area contributed by atoms with Gasteiger partial charge in [-0.3, -0.25) is 14.9 Å². The Labute approximate surface area is 210 Å². The number of nitrogens with one attached hydrogen (secondary N) is 2. The standard InChI is InChI=1S/C25H18Cl2FN5O2/c1-15(29-24(35)18-6-12-21(28)13-7-18)23(34)31-25-30-22(17-4-10-20(27)11-5-17)33(32-25)14-16-2-8-19(26)9-3-16/h2-13H,1,14H2,(H,29,35)(H,31,32,34). The molecule has 4 rings (SSSR count). The quantitative estimate of drug-likeness (QED) is 0.330. The molecule has 35 heavy (non-hydrogen) atoms. The number of nitrogens with zero attached hydrogens (tertiary/aromatic N) is 3. The number of hydrogen-bond acceptors (Lipinski definition) is 4. The lowest BCUT2D eigenvalue weighted by Crippen LogP contribution is -2.30. The Morgan fingerprint density at radius 3 is 2.14 bits per heavy atom. The third-order valence-corrected chi connectivity index (χ3v) is 5.39. The van der Waals surface area contributed by atoms with E-state index in [0.29, 0.717) is 22.4 Å². The van der Waals surface area contributed by atoms with Gasteiger partial charge in [0, 0.05) is 21.2 Å². The summed E-state index contributed by atoms with van der Waals surface area (Å²) in [5.41, 5.74) is 1.61. The Bertz CT molecular complexity index is 1390. The number of carbonyl (C=O) groups excluding carboxylic acids is 2. The number of carbonyl (C=O) groups is 2. The predicted molar refractivity (Wildman–Crippen MR) is 133 cm³/mol. The molecular formula is C25H18Cl2FN5O2. The van der Waals surface area contributed by atoms with E-state index in [-0.39, 0.29) is 17.2 Å². The van der Waals surface area contributed by atoms with E-state index in [2.05, 4.69) is 27.3 Å². The molecule has 0 aliphatic carbocycles. The minimum Gasteiger partial charge on any atom is -0.318 e. The molecule has 0 spiro atoms. The second-order valence-electron chi connectivity index (χ2n) is 7.44. The smallest absolute Gasteiger partial charge is 0.273 e. The Hall–Kier alpha value is -4.01. The molecule has 2 amide bonds. The molecule has 0 bridgehead atoms. The van der Waals surface area contributed by atoms with Gasteiger partial charge in [0.2, 0.25) is 5.95 Å². The van der Waals surface area contributed by atoms with Gasteiger partial charge in [0.05, 0.1) is 12.2 Å². The van der Waals surface area contributed by atoms with Gasteiger partial charge in [-0.25, -0.2) is 9.07 Å². The van der Waals surface area contributed by atoms with E-state index in [0.717, 1.165) is 23.3 Å². The highest BCUT2D eigenvalue weighted by Gasteiger charge is 2.18. The number of aromatic nitrogens is 3. The molecule has 2 N–H and O–H groups in total. The van der Waals surface area contributed by atoms with Crippen molar-refractivity contribution in [2.75, 3.05) is 5.32 Å². The van der Waals surface area contributed by atoms with Gasteiger partial charge < -0.3 is 5.32 Å². The van der Waals surface area contributed by atoms with Crippen LogP contribution in [0, 0.1) is 5.82 Å². The molecule has 4 aromatic rings. The number of amides is 2. The normalized spacial score (nSPS) is 10.6. The highest BCUT2D eigenvalue weighted by molar-refractivity contribution is 6.30. The van der Waals surface area contributed by atoms with Crippen molar-refractivity contribution in [3.05, 3.63) is 112 Å². The Morgan fingerprint density at radius 1 is 0.914 bits per heavy atom. The summed E-state index contributed by atoms with van der Waals surface area (Å²) in [6.45, 7) is 3.96. The summed E-state index contributed by atoms with van der Waals surface area (Å²) in [5.74, 6) is -1.27. The maximum absolute atomic E-state index is 13.1. The Kier molecular flexibility index (Phi) is 7.24. The van der Waals surface area contributed by atoms with E-state index in [1.807, 2.05) is 12.1 Å². The zero-order valence-electron chi connectivity index (χ0n) is 18.1. The van der Waals surface area contributed by atoms with Gasteiger partial charge in [-0.1, -0.05) is 41.9 Å². The maximum Gasteiger partial charge on any atom is 0.273 e. The average molecular weight is 510 g/mol. The van der Waals surface area contributed by atoms with Crippen LogP contribution in [0.4, 0.5) is 10.3 Å². The van der Waals surface area contributed by atoms with E-state index in [9.17, 15) is 14.0 Å².